The van der Waals surface area contributed by atoms with Gasteiger partial charge in [-0.25, -0.2) is 0 Å². The van der Waals surface area contributed by atoms with E-state index < -0.39 is 0 Å². The molecule has 4 nitrogen and oxygen atoms in total. The topological polar surface area (TPSA) is 39.1 Å². The summed E-state index contributed by atoms with van der Waals surface area (Å²) < 4.78 is 7.05. The molecule has 1 N–H and O–H groups in total. The highest BCUT2D eigenvalue weighted by Crippen LogP contribution is 2.17. The molecule has 1 aromatic rings. The Morgan fingerprint density at radius 3 is 2.67 bits per heavy atom. The van der Waals surface area contributed by atoms with Crippen molar-refractivity contribution in [3.63, 3.8) is 0 Å². The number of aryl methyl sites for hydroxylation is 2. The summed E-state index contributed by atoms with van der Waals surface area (Å²) in [5, 5.41) is 7.87. The van der Waals surface area contributed by atoms with Crippen molar-refractivity contribution in [2.24, 2.45) is 18.9 Å². The third-order valence-corrected chi connectivity index (χ3v) is 3.40. The number of nitrogens with one attached hydrogen (secondary N) is 1. The number of rotatable bonds is 8. The third-order valence-electron chi connectivity index (χ3n) is 3.40. The molecule has 4 heteroatoms. The maximum Gasteiger partial charge on any atom is 0.0596 e. The van der Waals surface area contributed by atoms with Crippen LogP contribution in [-0.4, -0.2) is 36.6 Å². The summed E-state index contributed by atoms with van der Waals surface area (Å²) in [4.78, 5) is 0. The molecule has 104 valence electrons. The highest BCUT2D eigenvalue weighted by atomic mass is 16.5. The fourth-order valence-corrected chi connectivity index (χ4v) is 2.13. The van der Waals surface area contributed by atoms with Crippen molar-refractivity contribution in [1.82, 2.24) is 15.1 Å². The average molecular weight is 253 g/mol. The van der Waals surface area contributed by atoms with Crippen LogP contribution in [0.2, 0.25) is 0 Å². The van der Waals surface area contributed by atoms with Gasteiger partial charge in [-0.3, -0.25) is 4.68 Å². The van der Waals surface area contributed by atoms with Crippen LogP contribution in [0.15, 0.2) is 6.07 Å². The molecular weight excluding hydrogens is 226 g/mol. The number of nitrogens with zero attached hydrogens (tertiary/aromatic N) is 2. The number of ether oxygens (including phenoxy) is 1. The van der Waals surface area contributed by atoms with Gasteiger partial charge in [-0.2, -0.15) is 5.10 Å². The second-order valence-corrected chi connectivity index (χ2v) is 5.31. The Bertz CT molecular complexity index is 347. The first-order valence-electron chi connectivity index (χ1n) is 6.73. The van der Waals surface area contributed by atoms with Crippen LogP contribution in [0, 0.1) is 18.8 Å². The van der Waals surface area contributed by atoms with E-state index in [1.165, 1.54) is 5.69 Å². The first-order chi connectivity index (χ1) is 8.54. The molecular formula is C14H27N3O. The molecule has 0 radical (unpaired) electrons. The Balaban J connectivity index is 2.49. The second-order valence-electron chi connectivity index (χ2n) is 5.31. The van der Waals surface area contributed by atoms with E-state index in [9.17, 15) is 0 Å². The van der Waals surface area contributed by atoms with Crippen LogP contribution in [0.25, 0.3) is 0 Å². The Kier molecular flexibility index (Phi) is 6.36. The van der Waals surface area contributed by atoms with Gasteiger partial charge in [-0.05, 0) is 37.8 Å². The lowest BCUT2D eigenvalue weighted by atomic mass is 9.91. The Hall–Kier alpha value is -0.870. The normalized spacial score (nSPS) is 13.2. The standard InChI is InChI=1S/C14H27N3O/c1-11(2)13(10-15-6-7-18-5)9-14-8-12(3)16-17(14)4/h8,11,13,15H,6-7,9-10H2,1-5H3. The van der Waals surface area contributed by atoms with Crippen LogP contribution in [0.5, 0.6) is 0 Å². The minimum atomic E-state index is 0.636. The van der Waals surface area contributed by atoms with E-state index >= 15 is 0 Å². The van der Waals surface area contributed by atoms with Gasteiger partial charge >= 0.3 is 0 Å². The van der Waals surface area contributed by atoms with Gasteiger partial charge < -0.3 is 10.1 Å². The summed E-state index contributed by atoms with van der Waals surface area (Å²) in [7, 11) is 3.76. The minimum Gasteiger partial charge on any atom is -0.383 e. The summed E-state index contributed by atoms with van der Waals surface area (Å²) >= 11 is 0. The van der Waals surface area contributed by atoms with Gasteiger partial charge in [0.2, 0.25) is 0 Å². The van der Waals surface area contributed by atoms with Crippen LogP contribution in [0.4, 0.5) is 0 Å². The van der Waals surface area contributed by atoms with E-state index in [2.05, 4.69) is 30.3 Å². The van der Waals surface area contributed by atoms with E-state index in [4.69, 9.17) is 4.74 Å². The molecule has 0 fully saturated rings. The monoisotopic (exact) mass is 253 g/mol. The average Bonchev–Trinajstić information content (AvgIpc) is 2.61. The van der Waals surface area contributed by atoms with Crippen LogP contribution in [0.3, 0.4) is 0 Å². The highest BCUT2D eigenvalue weighted by molar-refractivity contribution is 5.09. The molecule has 0 aliphatic rings. The van der Waals surface area contributed by atoms with E-state index in [-0.39, 0.29) is 0 Å². The summed E-state index contributed by atoms with van der Waals surface area (Å²) in [5.41, 5.74) is 2.42. The van der Waals surface area contributed by atoms with Crippen molar-refractivity contribution >= 4 is 0 Å². The summed E-state index contributed by atoms with van der Waals surface area (Å²) in [6, 6.07) is 2.19. The molecule has 1 rings (SSSR count). The molecule has 0 amide bonds. The van der Waals surface area contributed by atoms with Crippen LogP contribution < -0.4 is 5.32 Å². The summed E-state index contributed by atoms with van der Waals surface area (Å²) in [6.07, 6.45) is 1.08. The molecule has 0 aliphatic heterocycles. The first kappa shape index (κ1) is 15.2. The van der Waals surface area contributed by atoms with E-state index in [1.54, 1.807) is 7.11 Å². The molecule has 1 unspecified atom stereocenters. The van der Waals surface area contributed by atoms with Gasteiger partial charge in [-0.15, -0.1) is 0 Å². The smallest absolute Gasteiger partial charge is 0.0596 e. The maximum absolute atomic E-state index is 5.05. The SMILES string of the molecule is COCCNCC(Cc1cc(C)nn1C)C(C)C. The molecule has 0 saturated heterocycles. The van der Waals surface area contributed by atoms with Gasteiger partial charge in [0, 0.05) is 26.4 Å². The number of hydrogen-bond acceptors (Lipinski definition) is 3. The lowest BCUT2D eigenvalue weighted by Gasteiger charge is -2.21. The zero-order valence-electron chi connectivity index (χ0n) is 12.4. The fourth-order valence-electron chi connectivity index (χ4n) is 2.13. The lowest BCUT2D eigenvalue weighted by molar-refractivity contribution is 0.196. The Morgan fingerprint density at radius 2 is 2.17 bits per heavy atom. The fraction of sp³-hybridized carbons (Fsp3) is 0.786. The molecule has 0 aromatic carbocycles. The van der Waals surface area contributed by atoms with Crippen LogP contribution in [-0.2, 0) is 18.2 Å². The van der Waals surface area contributed by atoms with Crippen LogP contribution >= 0.6 is 0 Å². The Morgan fingerprint density at radius 1 is 1.44 bits per heavy atom. The van der Waals surface area contributed by atoms with E-state index in [0.29, 0.717) is 11.8 Å². The van der Waals surface area contributed by atoms with Crippen LogP contribution in [0.1, 0.15) is 25.2 Å². The minimum absolute atomic E-state index is 0.636. The zero-order chi connectivity index (χ0) is 13.5. The maximum atomic E-state index is 5.05. The van der Waals surface area contributed by atoms with Gasteiger partial charge in [-0.1, -0.05) is 13.8 Å². The second kappa shape index (κ2) is 7.54. The molecule has 1 aromatic heterocycles. The van der Waals surface area contributed by atoms with Crippen molar-refractivity contribution in [2.75, 3.05) is 26.8 Å². The number of methoxy groups -OCH3 is 1. The molecule has 0 aliphatic carbocycles. The quantitative estimate of drug-likeness (QED) is 0.718. The van der Waals surface area contributed by atoms with Gasteiger partial charge in [0.1, 0.15) is 0 Å². The number of hydrogen-bond donors (Lipinski definition) is 1. The van der Waals surface area contributed by atoms with Gasteiger partial charge in [0.25, 0.3) is 0 Å². The third kappa shape index (κ3) is 4.78. The van der Waals surface area contributed by atoms with E-state index in [0.717, 1.165) is 31.8 Å². The predicted molar refractivity (Wildman–Crippen MR) is 74.7 cm³/mol. The van der Waals surface area contributed by atoms with Crippen molar-refractivity contribution in [3.05, 3.63) is 17.5 Å². The van der Waals surface area contributed by atoms with Crippen molar-refractivity contribution < 1.29 is 4.74 Å². The largest absolute Gasteiger partial charge is 0.383 e. The molecule has 1 heterocycles. The zero-order valence-corrected chi connectivity index (χ0v) is 12.4. The highest BCUT2D eigenvalue weighted by Gasteiger charge is 2.16. The molecule has 0 bridgehead atoms. The summed E-state index contributed by atoms with van der Waals surface area (Å²) in [6.45, 7) is 9.34. The van der Waals surface area contributed by atoms with Crippen molar-refractivity contribution in [3.8, 4) is 0 Å². The molecule has 0 spiro atoms. The van der Waals surface area contributed by atoms with Gasteiger partial charge in [0.05, 0.1) is 12.3 Å². The Labute approximate surface area is 111 Å². The van der Waals surface area contributed by atoms with Crippen molar-refractivity contribution in [2.45, 2.75) is 27.2 Å². The summed E-state index contributed by atoms with van der Waals surface area (Å²) in [5.74, 6) is 1.30. The first-order valence-corrected chi connectivity index (χ1v) is 6.73. The van der Waals surface area contributed by atoms with Crippen molar-refractivity contribution in [1.29, 1.82) is 0 Å². The van der Waals surface area contributed by atoms with Gasteiger partial charge in [0.15, 0.2) is 0 Å². The molecule has 0 saturated carbocycles. The predicted octanol–water partition coefficient (Wildman–Crippen LogP) is 1.78. The van der Waals surface area contributed by atoms with E-state index in [1.807, 2.05) is 18.7 Å². The molecule has 1 atom stereocenters. The molecule has 18 heavy (non-hydrogen) atoms. The lowest BCUT2D eigenvalue weighted by Crippen LogP contribution is -2.30. The number of aromatic nitrogens is 2.